The maximum atomic E-state index is 12.7. The Morgan fingerprint density at radius 1 is 1.23 bits per heavy atom. The largest absolute Gasteiger partial charge is 0.461 e. The minimum absolute atomic E-state index is 0.00131. The third-order valence-corrected chi connectivity index (χ3v) is 3.90. The molecule has 8 heteroatoms. The van der Waals surface area contributed by atoms with Gasteiger partial charge < -0.3 is 4.42 Å². The van der Waals surface area contributed by atoms with Crippen LogP contribution < -0.4 is 11.0 Å². The van der Waals surface area contributed by atoms with Gasteiger partial charge in [-0.1, -0.05) is 18.2 Å². The maximum Gasteiger partial charge on any atom is 0.296 e. The van der Waals surface area contributed by atoms with Crippen molar-refractivity contribution in [2.75, 3.05) is 5.43 Å². The van der Waals surface area contributed by atoms with Crippen molar-refractivity contribution in [3.8, 4) is 11.8 Å². The van der Waals surface area contributed by atoms with E-state index >= 15 is 0 Å². The molecule has 0 fully saturated rings. The number of hydrogen-bond acceptors (Lipinski definition) is 6. The van der Waals surface area contributed by atoms with Gasteiger partial charge in [-0.25, -0.2) is 4.68 Å². The van der Waals surface area contributed by atoms with Crippen LogP contribution in [0.4, 0.5) is 5.69 Å². The number of carbonyl (C=O) groups is 1. The molecule has 8 nitrogen and oxygen atoms in total. The smallest absolute Gasteiger partial charge is 0.296 e. The highest BCUT2D eigenvalue weighted by Gasteiger charge is 2.19. The number of anilines is 1. The number of aromatic nitrogens is 2. The Labute approximate surface area is 148 Å². The molecule has 0 aliphatic heterocycles. The van der Waals surface area contributed by atoms with Crippen molar-refractivity contribution >= 4 is 17.2 Å². The van der Waals surface area contributed by atoms with Crippen molar-refractivity contribution in [3.63, 3.8) is 0 Å². The second-order valence-corrected chi connectivity index (χ2v) is 5.43. The van der Waals surface area contributed by atoms with Gasteiger partial charge in [0.1, 0.15) is 11.8 Å². The predicted molar refractivity (Wildman–Crippen MR) is 95.5 cm³/mol. The molecule has 0 unspecified atom stereocenters. The number of hydrazone groups is 1. The van der Waals surface area contributed by atoms with E-state index in [9.17, 15) is 14.9 Å². The maximum absolute atomic E-state index is 12.7. The number of Topliss-reactive ketones (excluding diaryl/α,β-unsaturated/α-hetero) is 1. The van der Waals surface area contributed by atoms with Gasteiger partial charge in [0.25, 0.3) is 11.3 Å². The van der Waals surface area contributed by atoms with Crippen LogP contribution in [0, 0.1) is 18.3 Å². The number of rotatable bonds is 5. The molecule has 2 heterocycles. The highest BCUT2D eigenvalue weighted by Crippen LogP contribution is 2.14. The van der Waals surface area contributed by atoms with Crippen LogP contribution in [0.3, 0.4) is 0 Å². The third-order valence-electron chi connectivity index (χ3n) is 3.90. The van der Waals surface area contributed by atoms with E-state index in [0.29, 0.717) is 11.4 Å². The van der Waals surface area contributed by atoms with Crippen molar-refractivity contribution in [3.05, 3.63) is 70.5 Å². The lowest BCUT2D eigenvalue weighted by molar-refractivity contribution is 0.104. The minimum atomic E-state index is -0.665. The molecule has 0 amide bonds. The molecule has 1 aromatic carbocycles. The zero-order valence-corrected chi connectivity index (χ0v) is 14.1. The van der Waals surface area contributed by atoms with Gasteiger partial charge in [0.2, 0.25) is 5.71 Å². The van der Waals surface area contributed by atoms with Gasteiger partial charge in [0.15, 0.2) is 5.76 Å². The highest BCUT2D eigenvalue weighted by molar-refractivity contribution is 6.50. The predicted octanol–water partition coefficient (Wildman–Crippen LogP) is 2.25. The Hall–Kier alpha value is -3.86. The van der Waals surface area contributed by atoms with E-state index in [4.69, 9.17) is 4.42 Å². The Balaban J connectivity index is 1.97. The molecule has 3 rings (SSSR count). The summed E-state index contributed by atoms with van der Waals surface area (Å²) in [5, 5.41) is 13.0. The zero-order valence-electron chi connectivity index (χ0n) is 14.1. The van der Waals surface area contributed by atoms with Crippen LogP contribution >= 0.6 is 0 Å². The molecule has 0 radical (unpaired) electrons. The van der Waals surface area contributed by atoms with Crippen molar-refractivity contribution < 1.29 is 9.21 Å². The first-order chi connectivity index (χ1) is 12.5. The summed E-state index contributed by atoms with van der Waals surface area (Å²) < 4.78 is 8.11. The highest BCUT2D eigenvalue weighted by atomic mass is 16.3. The average molecular weight is 349 g/mol. The molecule has 0 saturated carbocycles. The molecular formula is C18H15N5O3. The molecule has 26 heavy (non-hydrogen) atoms. The standard InChI is InChI=1S/C18H15N5O3/c1-12-16(18(25)23(22(12)2)13-7-4-3-5-8-13)21-20-14(11-19)17(24)15-9-6-10-26-15/h3-10,21H,1-2H3/b20-14-. The molecule has 1 N–H and O–H groups in total. The van der Waals surface area contributed by atoms with Crippen LogP contribution in [0.2, 0.25) is 0 Å². The number of ketones is 1. The molecule has 0 bridgehead atoms. The van der Waals surface area contributed by atoms with Gasteiger partial charge in [0.05, 0.1) is 17.6 Å². The number of nitrogens with zero attached hydrogens (tertiary/aromatic N) is 4. The minimum Gasteiger partial charge on any atom is -0.461 e. The third kappa shape index (κ3) is 2.93. The number of furan rings is 1. The van der Waals surface area contributed by atoms with Crippen molar-refractivity contribution in [1.82, 2.24) is 9.36 Å². The first-order valence-corrected chi connectivity index (χ1v) is 7.70. The molecule has 0 aliphatic rings. The molecule has 0 saturated heterocycles. The van der Waals surface area contributed by atoms with Crippen LogP contribution in [0.1, 0.15) is 16.2 Å². The summed E-state index contributed by atoms with van der Waals surface area (Å²) in [5.74, 6) is -0.666. The Kier molecular flexibility index (Phi) is 4.53. The summed E-state index contributed by atoms with van der Waals surface area (Å²) in [7, 11) is 1.73. The summed E-state index contributed by atoms with van der Waals surface area (Å²) in [5.41, 5.74) is 3.27. The zero-order chi connectivity index (χ0) is 18.7. The topological polar surface area (TPSA) is 105 Å². The molecule has 0 atom stereocenters. The summed E-state index contributed by atoms with van der Waals surface area (Å²) >= 11 is 0. The number of nitriles is 1. The Morgan fingerprint density at radius 3 is 2.58 bits per heavy atom. The second kappa shape index (κ2) is 6.94. The van der Waals surface area contributed by atoms with E-state index in [1.54, 1.807) is 36.9 Å². The van der Waals surface area contributed by atoms with E-state index < -0.39 is 11.5 Å². The Bertz CT molecular complexity index is 1070. The number of benzene rings is 1. The SMILES string of the molecule is Cc1c(N/N=C(/C#N)C(=O)c2ccco2)c(=O)n(-c2ccccc2)n1C. The van der Waals surface area contributed by atoms with Gasteiger partial charge in [-0.15, -0.1) is 0 Å². The van der Waals surface area contributed by atoms with E-state index in [-0.39, 0.29) is 17.0 Å². The van der Waals surface area contributed by atoms with Crippen molar-refractivity contribution in [2.24, 2.45) is 12.1 Å². The summed E-state index contributed by atoms with van der Waals surface area (Å²) in [6.45, 7) is 1.74. The molecule has 0 aliphatic carbocycles. The van der Waals surface area contributed by atoms with Gasteiger partial charge in [-0.2, -0.15) is 10.4 Å². The van der Waals surface area contributed by atoms with Crippen LogP contribution in [-0.4, -0.2) is 20.9 Å². The molecule has 3 aromatic rings. The van der Waals surface area contributed by atoms with E-state index in [2.05, 4.69) is 10.5 Å². The van der Waals surface area contributed by atoms with Gasteiger partial charge >= 0.3 is 0 Å². The number of hydrogen-bond donors (Lipinski definition) is 1. The average Bonchev–Trinajstić information content (AvgIpc) is 3.26. The summed E-state index contributed by atoms with van der Waals surface area (Å²) in [4.78, 5) is 24.9. The fourth-order valence-corrected chi connectivity index (χ4v) is 2.46. The first-order valence-electron chi connectivity index (χ1n) is 7.70. The lowest BCUT2D eigenvalue weighted by atomic mass is 10.2. The molecule has 130 valence electrons. The van der Waals surface area contributed by atoms with E-state index in [1.807, 2.05) is 18.2 Å². The van der Waals surface area contributed by atoms with Crippen molar-refractivity contribution in [2.45, 2.75) is 6.92 Å². The van der Waals surface area contributed by atoms with E-state index in [0.717, 1.165) is 0 Å². The summed E-state index contributed by atoms with van der Waals surface area (Å²) in [6, 6.07) is 13.8. The monoisotopic (exact) mass is 349 g/mol. The van der Waals surface area contributed by atoms with Crippen LogP contribution in [-0.2, 0) is 7.05 Å². The quantitative estimate of drug-likeness (QED) is 0.432. The van der Waals surface area contributed by atoms with E-state index in [1.165, 1.54) is 23.1 Å². The van der Waals surface area contributed by atoms with Crippen LogP contribution in [0.25, 0.3) is 5.69 Å². The first kappa shape index (κ1) is 17.0. The lowest BCUT2D eigenvalue weighted by Gasteiger charge is -2.07. The molecule has 0 spiro atoms. The second-order valence-electron chi connectivity index (χ2n) is 5.43. The lowest BCUT2D eigenvalue weighted by Crippen LogP contribution is -2.21. The Morgan fingerprint density at radius 2 is 1.96 bits per heavy atom. The fraction of sp³-hybridized carbons (Fsp3) is 0.111. The number of carbonyl (C=O) groups excluding carboxylic acids is 1. The van der Waals surface area contributed by atoms with Gasteiger partial charge in [0, 0.05) is 7.05 Å². The summed E-state index contributed by atoms with van der Waals surface area (Å²) in [6.07, 6.45) is 1.33. The van der Waals surface area contributed by atoms with Crippen LogP contribution in [0.5, 0.6) is 0 Å². The number of para-hydroxylation sites is 1. The fourth-order valence-electron chi connectivity index (χ4n) is 2.46. The van der Waals surface area contributed by atoms with Gasteiger partial charge in [-0.05, 0) is 31.2 Å². The molecule has 2 aromatic heterocycles. The number of nitrogens with one attached hydrogen (secondary N) is 1. The van der Waals surface area contributed by atoms with Crippen LogP contribution in [0.15, 0.2) is 63.0 Å². The molecular weight excluding hydrogens is 334 g/mol. The normalized spacial score (nSPS) is 11.2. The van der Waals surface area contributed by atoms with Gasteiger partial charge in [-0.3, -0.25) is 19.7 Å². The van der Waals surface area contributed by atoms with Crippen molar-refractivity contribution in [1.29, 1.82) is 5.26 Å².